The molecular weight excluding hydrogens is 368 g/mol. The highest BCUT2D eigenvalue weighted by Crippen LogP contribution is 2.38. The van der Waals surface area contributed by atoms with Crippen LogP contribution in [0.3, 0.4) is 0 Å². The summed E-state index contributed by atoms with van der Waals surface area (Å²) in [4.78, 5) is 4.65. The quantitative estimate of drug-likeness (QED) is 0.657. The third-order valence-corrected chi connectivity index (χ3v) is 4.61. The molecule has 0 saturated carbocycles. The highest BCUT2D eigenvalue weighted by molar-refractivity contribution is 9.10. The van der Waals surface area contributed by atoms with Gasteiger partial charge in [0.1, 0.15) is 17.1 Å². The molecule has 0 aliphatic carbocycles. The lowest BCUT2D eigenvalue weighted by molar-refractivity contribution is 0.395. The van der Waals surface area contributed by atoms with Gasteiger partial charge in [-0.15, -0.1) is 0 Å². The van der Waals surface area contributed by atoms with Crippen LogP contribution in [-0.2, 0) is 0 Å². The van der Waals surface area contributed by atoms with Crippen molar-refractivity contribution in [2.45, 2.75) is 6.92 Å². The summed E-state index contributed by atoms with van der Waals surface area (Å²) in [6, 6.07) is 5.59. The molecule has 0 radical (unpaired) electrons. The zero-order valence-corrected chi connectivity index (χ0v) is 14.7. The lowest BCUT2D eigenvalue weighted by Crippen LogP contribution is -1.91. The minimum Gasteiger partial charge on any atom is -0.496 e. The fraction of sp³-hybridized carbons (Fsp3) is 0.188. The lowest BCUT2D eigenvalue weighted by atomic mass is 10.1. The highest BCUT2D eigenvalue weighted by Gasteiger charge is 2.15. The van der Waals surface area contributed by atoms with E-state index >= 15 is 0 Å². The molecule has 0 aliphatic heterocycles. The minimum atomic E-state index is 0.521. The molecule has 22 heavy (non-hydrogen) atoms. The van der Waals surface area contributed by atoms with Gasteiger partial charge in [-0.2, -0.15) is 0 Å². The number of aryl methyl sites for hydroxylation is 1. The molecule has 0 unspecified atom stereocenters. The Balaban J connectivity index is 2.20. The maximum atomic E-state index is 6.23. The van der Waals surface area contributed by atoms with Crippen LogP contribution in [0, 0.1) is 6.92 Å². The van der Waals surface area contributed by atoms with Gasteiger partial charge in [0, 0.05) is 28.5 Å². The Morgan fingerprint density at radius 2 is 1.82 bits per heavy atom. The van der Waals surface area contributed by atoms with Crippen LogP contribution in [0.2, 0.25) is 5.02 Å². The first-order valence-corrected chi connectivity index (χ1v) is 7.77. The Kier molecular flexibility index (Phi) is 4.02. The van der Waals surface area contributed by atoms with E-state index in [0.717, 1.165) is 26.9 Å². The molecule has 3 aromatic rings. The van der Waals surface area contributed by atoms with Crippen LogP contribution >= 0.6 is 27.5 Å². The molecule has 1 aromatic carbocycles. The van der Waals surface area contributed by atoms with Crippen molar-refractivity contribution >= 4 is 33.2 Å². The van der Waals surface area contributed by atoms with E-state index in [1.54, 1.807) is 20.3 Å². The molecule has 0 spiro atoms. The van der Waals surface area contributed by atoms with Crippen molar-refractivity contribution in [3.63, 3.8) is 0 Å². The Labute approximate surface area is 141 Å². The molecule has 2 aromatic heterocycles. The van der Waals surface area contributed by atoms with Crippen LogP contribution in [0.1, 0.15) is 5.56 Å². The second-order valence-electron chi connectivity index (χ2n) is 4.88. The SMILES string of the molecule is COc1cc(OC)c(-c2cn3cc(Br)c(C)cc3n2)cc1Cl. The van der Waals surface area contributed by atoms with Gasteiger partial charge in [0.2, 0.25) is 0 Å². The van der Waals surface area contributed by atoms with Gasteiger partial charge in [-0.1, -0.05) is 11.6 Å². The summed E-state index contributed by atoms with van der Waals surface area (Å²) in [5, 5.41) is 0.521. The van der Waals surface area contributed by atoms with E-state index in [1.165, 1.54) is 0 Å². The molecule has 0 saturated heterocycles. The summed E-state index contributed by atoms with van der Waals surface area (Å²) in [6.45, 7) is 2.03. The molecule has 0 bridgehead atoms. The number of methoxy groups -OCH3 is 2. The van der Waals surface area contributed by atoms with Crippen molar-refractivity contribution in [2.75, 3.05) is 14.2 Å². The maximum Gasteiger partial charge on any atom is 0.141 e. The fourth-order valence-electron chi connectivity index (χ4n) is 2.29. The van der Waals surface area contributed by atoms with Crippen LogP contribution in [0.25, 0.3) is 16.9 Å². The largest absolute Gasteiger partial charge is 0.496 e. The summed E-state index contributed by atoms with van der Waals surface area (Å²) >= 11 is 9.76. The van der Waals surface area contributed by atoms with Gasteiger partial charge in [-0.3, -0.25) is 0 Å². The minimum absolute atomic E-state index is 0.521. The molecule has 0 amide bonds. The normalized spacial score (nSPS) is 11.0. The smallest absolute Gasteiger partial charge is 0.141 e. The van der Waals surface area contributed by atoms with Crippen LogP contribution in [-0.4, -0.2) is 23.6 Å². The summed E-state index contributed by atoms with van der Waals surface area (Å²) in [6.07, 6.45) is 3.93. The summed E-state index contributed by atoms with van der Waals surface area (Å²) in [7, 11) is 3.19. The first-order chi connectivity index (χ1) is 10.5. The Hall–Kier alpha value is -1.72. The number of hydrogen-bond donors (Lipinski definition) is 0. The predicted molar refractivity (Wildman–Crippen MR) is 91.2 cm³/mol. The average molecular weight is 382 g/mol. The number of hydrogen-bond acceptors (Lipinski definition) is 3. The molecular formula is C16H14BrClN2O2. The van der Waals surface area contributed by atoms with Crippen LogP contribution in [0.5, 0.6) is 11.5 Å². The van der Waals surface area contributed by atoms with Gasteiger partial charge in [-0.25, -0.2) is 4.98 Å². The number of ether oxygens (including phenoxy) is 2. The number of pyridine rings is 1. The van der Waals surface area contributed by atoms with Gasteiger partial charge < -0.3 is 13.9 Å². The molecule has 0 fully saturated rings. The standard InChI is InChI=1S/C16H14BrClN2O2/c1-9-4-16-19-13(8-20(16)7-11(9)17)10-5-12(18)15(22-3)6-14(10)21-2/h4-8H,1-3H3. The zero-order chi connectivity index (χ0) is 15.9. The van der Waals surface area contributed by atoms with E-state index in [4.69, 9.17) is 21.1 Å². The van der Waals surface area contributed by atoms with E-state index in [0.29, 0.717) is 16.5 Å². The third-order valence-electron chi connectivity index (χ3n) is 3.49. The number of benzene rings is 1. The van der Waals surface area contributed by atoms with Gasteiger partial charge in [0.25, 0.3) is 0 Å². The van der Waals surface area contributed by atoms with Crippen molar-refractivity contribution in [1.29, 1.82) is 0 Å². The monoisotopic (exact) mass is 380 g/mol. The second kappa shape index (κ2) is 5.82. The topological polar surface area (TPSA) is 35.8 Å². The van der Waals surface area contributed by atoms with Gasteiger partial charge in [-0.05, 0) is 40.5 Å². The fourth-order valence-corrected chi connectivity index (χ4v) is 2.87. The number of rotatable bonds is 3. The van der Waals surface area contributed by atoms with Crippen LogP contribution in [0.4, 0.5) is 0 Å². The van der Waals surface area contributed by atoms with Crippen molar-refractivity contribution in [3.05, 3.63) is 45.7 Å². The van der Waals surface area contributed by atoms with Crippen molar-refractivity contribution in [2.24, 2.45) is 0 Å². The van der Waals surface area contributed by atoms with Crippen molar-refractivity contribution < 1.29 is 9.47 Å². The molecule has 114 valence electrons. The Morgan fingerprint density at radius 1 is 1.09 bits per heavy atom. The average Bonchev–Trinajstić information content (AvgIpc) is 2.90. The van der Waals surface area contributed by atoms with Gasteiger partial charge in [0.05, 0.1) is 24.9 Å². The number of aromatic nitrogens is 2. The highest BCUT2D eigenvalue weighted by atomic mass is 79.9. The van der Waals surface area contributed by atoms with E-state index < -0.39 is 0 Å². The Bertz CT molecular complexity index is 822. The maximum absolute atomic E-state index is 6.23. The van der Waals surface area contributed by atoms with Gasteiger partial charge in [0.15, 0.2) is 0 Å². The first kappa shape index (κ1) is 15.2. The van der Waals surface area contributed by atoms with E-state index in [2.05, 4.69) is 20.9 Å². The first-order valence-electron chi connectivity index (χ1n) is 6.60. The summed E-state index contributed by atoms with van der Waals surface area (Å²) in [5.41, 5.74) is 3.61. The predicted octanol–water partition coefficient (Wildman–Crippen LogP) is 4.74. The van der Waals surface area contributed by atoms with Crippen LogP contribution in [0.15, 0.2) is 35.1 Å². The van der Waals surface area contributed by atoms with E-state index in [9.17, 15) is 0 Å². The molecule has 0 N–H and O–H groups in total. The van der Waals surface area contributed by atoms with E-state index in [1.807, 2.05) is 35.9 Å². The number of halogens is 2. The second-order valence-corrected chi connectivity index (χ2v) is 6.14. The summed E-state index contributed by atoms with van der Waals surface area (Å²) in [5.74, 6) is 1.24. The van der Waals surface area contributed by atoms with Gasteiger partial charge >= 0.3 is 0 Å². The third kappa shape index (κ3) is 2.55. The van der Waals surface area contributed by atoms with Crippen molar-refractivity contribution in [1.82, 2.24) is 9.38 Å². The van der Waals surface area contributed by atoms with Crippen molar-refractivity contribution in [3.8, 4) is 22.8 Å². The number of nitrogens with zero attached hydrogens (tertiary/aromatic N) is 2. The number of imidazole rings is 1. The van der Waals surface area contributed by atoms with Crippen LogP contribution < -0.4 is 9.47 Å². The summed E-state index contributed by atoms with van der Waals surface area (Å²) < 4.78 is 13.7. The molecule has 4 nitrogen and oxygen atoms in total. The molecule has 0 atom stereocenters. The Morgan fingerprint density at radius 3 is 2.50 bits per heavy atom. The lowest BCUT2D eigenvalue weighted by Gasteiger charge is -2.10. The molecule has 0 aliphatic rings. The van der Waals surface area contributed by atoms with E-state index in [-0.39, 0.29) is 0 Å². The molecule has 2 heterocycles. The number of fused-ring (bicyclic) bond motifs is 1. The molecule has 6 heteroatoms. The zero-order valence-electron chi connectivity index (χ0n) is 12.4. The molecule has 3 rings (SSSR count).